The van der Waals surface area contributed by atoms with Crippen molar-refractivity contribution in [2.45, 2.75) is 24.9 Å². The van der Waals surface area contributed by atoms with Crippen LogP contribution in [0.2, 0.25) is 5.02 Å². The van der Waals surface area contributed by atoms with E-state index in [0.29, 0.717) is 10.9 Å². The standard InChI is InChI=1S/C15H19ClF2N4O3S/c1-19-26(24,25)22-4-2-10(3-5-22)15(17,18)14(23)12-7-11(16)6-9-8-20-21-13(9)12/h6-8,10,14,19,23H,2-5H2,1H3,(H,20,21). The SMILES string of the molecule is CNS(=O)(=O)N1CCC(C(F)(F)C(O)c2cc(Cl)cc3cn[nH]c23)CC1. The number of nitrogens with one attached hydrogen (secondary N) is 2. The van der Waals surface area contributed by atoms with Gasteiger partial charge in [0.2, 0.25) is 0 Å². The van der Waals surface area contributed by atoms with Crippen molar-refractivity contribution in [1.82, 2.24) is 19.2 Å². The molecular weight excluding hydrogens is 390 g/mol. The van der Waals surface area contributed by atoms with Crippen molar-refractivity contribution in [3.8, 4) is 0 Å². The number of hydrogen-bond donors (Lipinski definition) is 3. The van der Waals surface area contributed by atoms with Crippen molar-refractivity contribution in [2.75, 3.05) is 20.1 Å². The highest BCUT2D eigenvalue weighted by molar-refractivity contribution is 7.87. The molecule has 2 aromatic rings. The summed E-state index contributed by atoms with van der Waals surface area (Å²) < 4.78 is 56.7. The molecule has 1 atom stereocenters. The van der Waals surface area contributed by atoms with E-state index >= 15 is 0 Å². The van der Waals surface area contributed by atoms with Gasteiger partial charge < -0.3 is 5.11 Å². The molecule has 3 N–H and O–H groups in total. The number of aliphatic hydroxyl groups excluding tert-OH is 1. The van der Waals surface area contributed by atoms with E-state index in [-0.39, 0.29) is 36.5 Å². The molecule has 1 aromatic carbocycles. The van der Waals surface area contributed by atoms with Gasteiger partial charge in [-0.15, -0.1) is 0 Å². The first-order valence-corrected chi connectivity index (χ1v) is 9.85. The summed E-state index contributed by atoms with van der Waals surface area (Å²) in [4.78, 5) is 0. The summed E-state index contributed by atoms with van der Waals surface area (Å²) in [5.74, 6) is -4.60. The Morgan fingerprint density at radius 1 is 1.42 bits per heavy atom. The van der Waals surface area contributed by atoms with Gasteiger partial charge in [-0.25, -0.2) is 13.5 Å². The third-order valence-corrected chi connectivity index (χ3v) is 6.58. The number of aromatic nitrogens is 2. The zero-order chi connectivity index (χ0) is 19.1. The molecule has 26 heavy (non-hydrogen) atoms. The van der Waals surface area contributed by atoms with Crippen LogP contribution in [0.15, 0.2) is 18.3 Å². The number of rotatable bonds is 5. The molecule has 1 aliphatic heterocycles. The molecule has 0 radical (unpaired) electrons. The van der Waals surface area contributed by atoms with Crippen LogP contribution in [0.3, 0.4) is 0 Å². The van der Waals surface area contributed by atoms with Gasteiger partial charge in [-0.2, -0.15) is 17.8 Å². The van der Waals surface area contributed by atoms with Crippen molar-refractivity contribution >= 4 is 32.7 Å². The molecule has 0 bridgehead atoms. The number of benzene rings is 1. The van der Waals surface area contributed by atoms with Crippen LogP contribution in [0.5, 0.6) is 0 Å². The lowest BCUT2D eigenvalue weighted by Crippen LogP contribution is -2.48. The smallest absolute Gasteiger partial charge is 0.280 e. The van der Waals surface area contributed by atoms with Gasteiger partial charge in [0.05, 0.1) is 11.7 Å². The van der Waals surface area contributed by atoms with Gasteiger partial charge in [0.15, 0.2) is 0 Å². The third kappa shape index (κ3) is 3.44. The summed E-state index contributed by atoms with van der Waals surface area (Å²) in [7, 11) is -2.37. The highest BCUT2D eigenvalue weighted by atomic mass is 35.5. The van der Waals surface area contributed by atoms with E-state index in [0.717, 1.165) is 4.31 Å². The Kier molecular flexibility index (Phi) is 5.24. The number of nitrogens with zero attached hydrogens (tertiary/aromatic N) is 2. The summed E-state index contributed by atoms with van der Waals surface area (Å²) in [6, 6.07) is 2.86. The zero-order valence-corrected chi connectivity index (χ0v) is 15.5. The molecule has 1 saturated heterocycles. The van der Waals surface area contributed by atoms with Crippen molar-refractivity contribution in [3.63, 3.8) is 0 Å². The summed E-state index contributed by atoms with van der Waals surface area (Å²) in [5, 5.41) is 17.6. The van der Waals surface area contributed by atoms with E-state index in [1.165, 1.54) is 19.3 Å². The van der Waals surface area contributed by atoms with Crippen LogP contribution < -0.4 is 4.72 Å². The van der Waals surface area contributed by atoms with Crippen LogP contribution in [-0.4, -0.2) is 54.1 Å². The Bertz CT molecular complexity index is 897. The molecule has 1 aromatic heterocycles. The van der Waals surface area contributed by atoms with Crippen molar-refractivity contribution in [3.05, 3.63) is 28.9 Å². The van der Waals surface area contributed by atoms with Crippen LogP contribution in [0.25, 0.3) is 10.9 Å². The van der Waals surface area contributed by atoms with Crippen LogP contribution in [0, 0.1) is 5.92 Å². The molecule has 144 valence electrons. The van der Waals surface area contributed by atoms with Gasteiger partial charge in [0, 0.05) is 42.0 Å². The summed E-state index contributed by atoms with van der Waals surface area (Å²) in [6.07, 6.45) is -0.756. The fourth-order valence-corrected chi connectivity index (χ4v) is 4.49. The van der Waals surface area contributed by atoms with Gasteiger partial charge >= 0.3 is 0 Å². The minimum Gasteiger partial charge on any atom is -0.382 e. The minimum atomic E-state index is -3.64. The van der Waals surface area contributed by atoms with Crippen LogP contribution in [0.1, 0.15) is 24.5 Å². The quantitative estimate of drug-likeness (QED) is 0.705. The Balaban J connectivity index is 1.83. The first-order chi connectivity index (χ1) is 12.2. The largest absolute Gasteiger partial charge is 0.382 e. The van der Waals surface area contributed by atoms with E-state index in [2.05, 4.69) is 14.9 Å². The predicted molar refractivity (Wildman–Crippen MR) is 93.3 cm³/mol. The minimum absolute atomic E-state index is 0.0275. The Hall–Kier alpha value is -1.33. The lowest BCUT2D eigenvalue weighted by atomic mass is 9.85. The van der Waals surface area contributed by atoms with Crippen molar-refractivity contribution in [2.24, 2.45) is 5.92 Å². The van der Waals surface area contributed by atoms with Gasteiger partial charge in [0.25, 0.3) is 16.1 Å². The third-order valence-electron chi connectivity index (χ3n) is 4.80. The van der Waals surface area contributed by atoms with Crippen molar-refractivity contribution < 1.29 is 22.3 Å². The Labute approximate surface area is 154 Å². The highest BCUT2D eigenvalue weighted by Gasteiger charge is 2.49. The number of fused-ring (bicyclic) bond motifs is 1. The van der Waals surface area contributed by atoms with Crippen LogP contribution in [-0.2, 0) is 10.2 Å². The molecule has 3 rings (SSSR count). The monoisotopic (exact) mass is 408 g/mol. The fourth-order valence-electron chi connectivity index (χ4n) is 3.30. The second-order valence-electron chi connectivity index (χ2n) is 6.29. The Morgan fingerprint density at radius 2 is 2.08 bits per heavy atom. The number of aliphatic hydroxyl groups is 1. The molecule has 7 nitrogen and oxygen atoms in total. The molecule has 11 heteroatoms. The van der Waals surface area contributed by atoms with E-state index in [9.17, 15) is 22.3 Å². The first kappa shape index (κ1) is 19.4. The lowest BCUT2D eigenvalue weighted by molar-refractivity contribution is -0.158. The van der Waals surface area contributed by atoms with E-state index in [4.69, 9.17) is 11.6 Å². The molecule has 0 aliphatic carbocycles. The zero-order valence-electron chi connectivity index (χ0n) is 13.9. The lowest BCUT2D eigenvalue weighted by Gasteiger charge is -2.37. The van der Waals surface area contributed by atoms with E-state index in [1.54, 1.807) is 6.07 Å². The molecule has 0 amide bonds. The maximum atomic E-state index is 14.9. The molecule has 0 saturated carbocycles. The molecule has 1 aliphatic rings. The van der Waals surface area contributed by atoms with Gasteiger partial charge in [-0.3, -0.25) is 5.10 Å². The van der Waals surface area contributed by atoms with Crippen LogP contribution >= 0.6 is 11.6 Å². The molecular formula is C15H19ClF2N4O3S. The topological polar surface area (TPSA) is 98.3 Å². The number of aromatic amines is 1. The second-order valence-corrected chi connectivity index (χ2v) is 8.60. The number of piperidine rings is 1. The van der Waals surface area contributed by atoms with Crippen LogP contribution in [0.4, 0.5) is 8.78 Å². The Morgan fingerprint density at radius 3 is 2.69 bits per heavy atom. The van der Waals surface area contributed by atoms with E-state index < -0.39 is 28.2 Å². The number of hydrogen-bond acceptors (Lipinski definition) is 4. The van der Waals surface area contributed by atoms with Crippen molar-refractivity contribution in [1.29, 1.82) is 0 Å². The maximum Gasteiger partial charge on any atom is 0.280 e. The molecule has 2 heterocycles. The number of alkyl halides is 2. The van der Waals surface area contributed by atoms with Gasteiger partial charge in [-0.05, 0) is 25.0 Å². The highest BCUT2D eigenvalue weighted by Crippen LogP contribution is 2.44. The fraction of sp³-hybridized carbons (Fsp3) is 0.533. The first-order valence-electron chi connectivity index (χ1n) is 8.04. The van der Waals surface area contributed by atoms with Gasteiger partial charge in [-0.1, -0.05) is 11.6 Å². The molecule has 0 spiro atoms. The van der Waals surface area contributed by atoms with E-state index in [1.807, 2.05) is 0 Å². The second kappa shape index (κ2) is 7.01. The summed E-state index contributed by atoms with van der Waals surface area (Å²) in [5.41, 5.74) is 0.275. The van der Waals surface area contributed by atoms with Gasteiger partial charge in [0.1, 0.15) is 6.10 Å². The number of halogens is 3. The molecule has 1 fully saturated rings. The summed E-state index contributed by atoms with van der Waals surface area (Å²) >= 11 is 5.97. The summed E-state index contributed by atoms with van der Waals surface area (Å²) in [6.45, 7) is -0.0731. The normalized spacial score (nSPS) is 19.1. The average molecular weight is 409 g/mol. The predicted octanol–water partition coefficient (Wildman–Crippen LogP) is 2.06. The number of H-pyrrole nitrogens is 1. The average Bonchev–Trinajstić information content (AvgIpc) is 3.08. The maximum absolute atomic E-state index is 14.9. The molecule has 1 unspecified atom stereocenters.